The average molecular weight is 226 g/mol. The standard InChI is InChI=1S/C14H14N2O/c1-3-4-5-10-13(17)14-11-8-6-7-9-12(11)16(2)15-14/h1,6-9H,4-5,10H2,2H3. The van der Waals surface area contributed by atoms with E-state index >= 15 is 0 Å². The third-order valence-electron chi connectivity index (χ3n) is 2.75. The van der Waals surface area contributed by atoms with Gasteiger partial charge in [-0.05, 0) is 12.5 Å². The number of aryl methyl sites for hydroxylation is 1. The smallest absolute Gasteiger partial charge is 0.183 e. The van der Waals surface area contributed by atoms with Crippen molar-refractivity contribution in [1.29, 1.82) is 0 Å². The van der Waals surface area contributed by atoms with Crippen molar-refractivity contribution in [1.82, 2.24) is 9.78 Å². The van der Waals surface area contributed by atoms with Gasteiger partial charge in [-0.25, -0.2) is 0 Å². The van der Waals surface area contributed by atoms with Gasteiger partial charge in [-0.2, -0.15) is 5.10 Å². The van der Waals surface area contributed by atoms with Gasteiger partial charge in [-0.3, -0.25) is 9.48 Å². The molecule has 0 atom stereocenters. The first kappa shape index (κ1) is 11.4. The number of Topliss-reactive ketones (excluding diaryl/α,β-unsaturated/α-hetero) is 1. The minimum atomic E-state index is 0.0667. The quantitative estimate of drug-likeness (QED) is 0.456. The first-order valence-electron chi connectivity index (χ1n) is 5.62. The second kappa shape index (κ2) is 4.84. The highest BCUT2D eigenvalue weighted by Crippen LogP contribution is 2.19. The van der Waals surface area contributed by atoms with Crippen LogP contribution in [0.4, 0.5) is 0 Å². The maximum atomic E-state index is 12.0. The highest BCUT2D eigenvalue weighted by Gasteiger charge is 2.14. The largest absolute Gasteiger partial charge is 0.292 e. The molecule has 0 radical (unpaired) electrons. The lowest BCUT2D eigenvalue weighted by Crippen LogP contribution is -2.01. The van der Waals surface area contributed by atoms with Crippen molar-refractivity contribution < 1.29 is 4.79 Å². The zero-order chi connectivity index (χ0) is 12.3. The second-order valence-corrected chi connectivity index (χ2v) is 3.97. The predicted octanol–water partition coefficient (Wildman–Crippen LogP) is 2.56. The van der Waals surface area contributed by atoms with Crippen molar-refractivity contribution in [3.05, 3.63) is 30.0 Å². The number of unbranched alkanes of at least 4 members (excludes halogenated alkanes) is 1. The van der Waals surface area contributed by atoms with Crippen LogP contribution >= 0.6 is 0 Å². The maximum absolute atomic E-state index is 12.0. The van der Waals surface area contributed by atoms with Crippen molar-refractivity contribution in [2.24, 2.45) is 7.05 Å². The molecule has 0 N–H and O–H groups in total. The molecule has 0 unspecified atom stereocenters. The maximum Gasteiger partial charge on any atom is 0.183 e. The molecule has 0 aliphatic rings. The Hall–Kier alpha value is -2.08. The molecule has 0 spiro atoms. The minimum absolute atomic E-state index is 0.0667. The first-order chi connectivity index (χ1) is 8.24. The SMILES string of the molecule is C#CCCCC(=O)c1nn(C)c2ccccc12. The summed E-state index contributed by atoms with van der Waals surface area (Å²) in [6, 6.07) is 7.75. The molecule has 2 aromatic rings. The van der Waals surface area contributed by atoms with Gasteiger partial charge in [0.25, 0.3) is 0 Å². The van der Waals surface area contributed by atoms with Crippen molar-refractivity contribution in [3.63, 3.8) is 0 Å². The third kappa shape index (κ3) is 2.21. The number of carbonyl (C=O) groups is 1. The second-order valence-electron chi connectivity index (χ2n) is 3.97. The highest BCUT2D eigenvalue weighted by atomic mass is 16.1. The average Bonchev–Trinajstić information content (AvgIpc) is 2.68. The Bertz CT molecular complexity index is 590. The molecule has 1 aromatic carbocycles. The highest BCUT2D eigenvalue weighted by molar-refractivity contribution is 6.05. The fourth-order valence-electron chi connectivity index (χ4n) is 1.89. The summed E-state index contributed by atoms with van der Waals surface area (Å²) < 4.78 is 1.74. The van der Waals surface area contributed by atoms with E-state index in [-0.39, 0.29) is 5.78 Å². The Morgan fingerprint density at radius 1 is 1.47 bits per heavy atom. The Morgan fingerprint density at radius 3 is 3.00 bits per heavy atom. The molecule has 0 saturated carbocycles. The molecule has 0 saturated heterocycles. The molecule has 0 fully saturated rings. The lowest BCUT2D eigenvalue weighted by atomic mass is 10.1. The fraction of sp³-hybridized carbons (Fsp3) is 0.286. The summed E-state index contributed by atoms with van der Waals surface area (Å²) in [5.74, 6) is 2.61. The van der Waals surface area contributed by atoms with E-state index in [1.807, 2.05) is 31.3 Å². The number of benzene rings is 1. The van der Waals surface area contributed by atoms with Gasteiger partial charge >= 0.3 is 0 Å². The first-order valence-corrected chi connectivity index (χ1v) is 5.62. The molecular weight excluding hydrogens is 212 g/mol. The van der Waals surface area contributed by atoms with Gasteiger partial charge in [-0.15, -0.1) is 12.3 Å². The summed E-state index contributed by atoms with van der Waals surface area (Å²) in [5.41, 5.74) is 1.54. The van der Waals surface area contributed by atoms with Crippen LogP contribution in [0.15, 0.2) is 24.3 Å². The van der Waals surface area contributed by atoms with Crippen LogP contribution in [0.5, 0.6) is 0 Å². The Balaban J connectivity index is 2.30. The van der Waals surface area contributed by atoms with Crippen molar-refractivity contribution >= 4 is 16.7 Å². The number of hydrogen-bond donors (Lipinski definition) is 0. The number of carbonyl (C=O) groups excluding carboxylic acids is 1. The normalized spacial score (nSPS) is 10.4. The summed E-state index contributed by atoms with van der Waals surface area (Å²) in [5, 5.41) is 5.20. The number of ketones is 1. The van der Waals surface area contributed by atoms with Gasteiger partial charge in [0.15, 0.2) is 5.78 Å². The lowest BCUT2D eigenvalue weighted by Gasteiger charge is -1.95. The summed E-state index contributed by atoms with van der Waals surface area (Å²) in [4.78, 5) is 12.0. The molecule has 3 heteroatoms. The molecule has 0 aliphatic heterocycles. The van der Waals surface area contributed by atoms with Gasteiger partial charge in [0.05, 0.1) is 5.52 Å². The molecule has 0 aliphatic carbocycles. The van der Waals surface area contributed by atoms with E-state index in [1.54, 1.807) is 4.68 Å². The van der Waals surface area contributed by atoms with Crippen LogP contribution < -0.4 is 0 Å². The summed E-state index contributed by atoms with van der Waals surface area (Å²) >= 11 is 0. The van der Waals surface area contributed by atoms with Gasteiger partial charge in [-0.1, -0.05) is 18.2 Å². The predicted molar refractivity (Wildman–Crippen MR) is 67.7 cm³/mol. The van der Waals surface area contributed by atoms with Crippen LogP contribution in [0.25, 0.3) is 10.9 Å². The van der Waals surface area contributed by atoms with Gasteiger partial charge in [0.2, 0.25) is 0 Å². The molecule has 1 heterocycles. The van der Waals surface area contributed by atoms with Gasteiger partial charge in [0, 0.05) is 25.3 Å². The van der Waals surface area contributed by atoms with E-state index < -0.39 is 0 Å². The van der Waals surface area contributed by atoms with E-state index in [9.17, 15) is 4.79 Å². The molecule has 3 nitrogen and oxygen atoms in total. The molecule has 86 valence electrons. The van der Waals surface area contributed by atoms with Crippen LogP contribution in [0, 0.1) is 12.3 Å². The van der Waals surface area contributed by atoms with Gasteiger partial charge in [0.1, 0.15) is 5.69 Å². The van der Waals surface area contributed by atoms with Crippen LogP contribution in [-0.2, 0) is 7.05 Å². The lowest BCUT2D eigenvalue weighted by molar-refractivity contribution is 0.0976. The Morgan fingerprint density at radius 2 is 2.24 bits per heavy atom. The number of fused-ring (bicyclic) bond motifs is 1. The fourth-order valence-corrected chi connectivity index (χ4v) is 1.89. The van der Waals surface area contributed by atoms with E-state index in [1.165, 1.54) is 0 Å². The van der Waals surface area contributed by atoms with Crippen LogP contribution in [0.3, 0.4) is 0 Å². The van der Waals surface area contributed by atoms with E-state index in [0.717, 1.165) is 17.3 Å². The van der Waals surface area contributed by atoms with Gasteiger partial charge < -0.3 is 0 Å². The topological polar surface area (TPSA) is 34.9 Å². The van der Waals surface area contributed by atoms with E-state index in [2.05, 4.69) is 11.0 Å². The number of terminal acetylenes is 1. The number of para-hydroxylation sites is 1. The molecule has 0 amide bonds. The number of aromatic nitrogens is 2. The van der Waals surface area contributed by atoms with E-state index in [0.29, 0.717) is 18.5 Å². The number of nitrogens with zero attached hydrogens (tertiary/aromatic N) is 2. The molecule has 0 bridgehead atoms. The zero-order valence-electron chi connectivity index (χ0n) is 9.81. The third-order valence-corrected chi connectivity index (χ3v) is 2.75. The minimum Gasteiger partial charge on any atom is -0.292 e. The molecule has 1 aromatic heterocycles. The monoisotopic (exact) mass is 226 g/mol. The molecular formula is C14H14N2O. The van der Waals surface area contributed by atoms with Crippen molar-refractivity contribution in [2.45, 2.75) is 19.3 Å². The summed E-state index contributed by atoms with van der Waals surface area (Å²) in [7, 11) is 1.85. The van der Waals surface area contributed by atoms with Crippen LogP contribution in [0.2, 0.25) is 0 Å². The van der Waals surface area contributed by atoms with Crippen LogP contribution in [0.1, 0.15) is 29.8 Å². The Labute approximate surface area is 100 Å². The summed E-state index contributed by atoms with van der Waals surface area (Å²) in [6.45, 7) is 0. The van der Waals surface area contributed by atoms with Crippen molar-refractivity contribution in [2.75, 3.05) is 0 Å². The Kier molecular flexibility index (Phi) is 3.24. The number of rotatable bonds is 4. The van der Waals surface area contributed by atoms with Crippen LogP contribution in [-0.4, -0.2) is 15.6 Å². The summed E-state index contributed by atoms with van der Waals surface area (Å²) in [6.07, 6.45) is 6.99. The number of hydrogen-bond acceptors (Lipinski definition) is 2. The van der Waals surface area contributed by atoms with Crippen molar-refractivity contribution in [3.8, 4) is 12.3 Å². The molecule has 2 rings (SSSR count). The zero-order valence-corrected chi connectivity index (χ0v) is 9.81. The molecule has 17 heavy (non-hydrogen) atoms. The van der Waals surface area contributed by atoms with E-state index in [4.69, 9.17) is 6.42 Å².